The molecule has 0 spiro atoms. The summed E-state index contributed by atoms with van der Waals surface area (Å²) in [6.45, 7) is 20.0. The Balaban J connectivity index is 1.80. The average molecular weight is 342 g/mol. The van der Waals surface area contributed by atoms with Gasteiger partial charge in [0.15, 0.2) is 0 Å². The number of allylic oxidation sites excluding steroid dienone is 8. The zero-order chi connectivity index (χ0) is 16.7. The highest BCUT2D eigenvalue weighted by atomic mass is 31.1. The van der Waals surface area contributed by atoms with Crippen LogP contribution < -0.4 is 0 Å². The van der Waals surface area contributed by atoms with Crippen molar-refractivity contribution in [2.24, 2.45) is 16.2 Å². The summed E-state index contributed by atoms with van der Waals surface area (Å²) in [5.41, 5.74) is 8.15. The number of rotatable bonds is 0. The third-order valence-corrected chi connectivity index (χ3v) is 14.4. The van der Waals surface area contributed by atoms with Gasteiger partial charge in [-0.25, -0.2) is 0 Å². The van der Waals surface area contributed by atoms with Gasteiger partial charge < -0.3 is 0 Å². The highest BCUT2D eigenvalue weighted by molar-refractivity contribution is 7.73. The van der Waals surface area contributed by atoms with Crippen LogP contribution in [0.15, 0.2) is 43.5 Å². The third kappa shape index (κ3) is 1.28. The second-order valence-corrected chi connectivity index (χ2v) is 13.9. The van der Waals surface area contributed by atoms with Crippen LogP contribution in [0.25, 0.3) is 0 Å². The molecule has 122 valence electrons. The minimum Gasteiger partial charge on any atom is -0.0592 e. The molecule has 4 heterocycles. The fourth-order valence-corrected chi connectivity index (χ4v) is 14.6. The van der Waals surface area contributed by atoms with Gasteiger partial charge in [-0.3, -0.25) is 0 Å². The van der Waals surface area contributed by atoms with Crippen molar-refractivity contribution in [1.29, 1.82) is 0 Å². The Labute approximate surface area is 143 Å². The summed E-state index contributed by atoms with van der Waals surface area (Å²) in [6.07, 6.45) is 2.85. The van der Waals surface area contributed by atoms with Crippen LogP contribution in [-0.4, -0.2) is 12.3 Å². The first-order valence-corrected chi connectivity index (χ1v) is 12.0. The van der Waals surface area contributed by atoms with Crippen molar-refractivity contribution in [3.63, 3.8) is 0 Å². The molecule has 0 saturated carbocycles. The van der Waals surface area contributed by atoms with Gasteiger partial charge in [-0.1, -0.05) is 38.8 Å². The summed E-state index contributed by atoms with van der Waals surface area (Å²) in [7, 11) is -0.0422. The van der Waals surface area contributed by atoms with Gasteiger partial charge in [-0.15, -0.1) is 0 Å². The molecule has 23 heavy (non-hydrogen) atoms. The van der Waals surface area contributed by atoms with Crippen molar-refractivity contribution in [3.8, 4) is 0 Å². The average Bonchev–Trinajstić information content (AvgIpc) is 3.14. The number of fused-ring (bicyclic) bond motifs is 9. The molecule has 0 amide bonds. The maximum absolute atomic E-state index is 2.56. The molecule has 0 aromatic rings. The molecule has 0 aromatic heterocycles. The zero-order valence-electron chi connectivity index (χ0n) is 15.8. The van der Waals surface area contributed by atoms with Gasteiger partial charge >= 0.3 is 0 Å². The van der Waals surface area contributed by atoms with E-state index >= 15 is 0 Å². The largest absolute Gasteiger partial charge is 0.0592 e. The number of hydrogen-bond donors (Lipinski definition) is 0. The van der Waals surface area contributed by atoms with Crippen LogP contribution in [0.2, 0.25) is 0 Å². The lowest BCUT2D eigenvalue weighted by Crippen LogP contribution is -2.35. The summed E-state index contributed by atoms with van der Waals surface area (Å²) in [5.74, 6) is 0. The molecule has 2 heteroatoms. The van der Waals surface area contributed by atoms with Gasteiger partial charge in [0, 0.05) is 16.2 Å². The second kappa shape index (κ2) is 3.81. The van der Waals surface area contributed by atoms with Crippen LogP contribution in [0.3, 0.4) is 0 Å². The highest BCUT2D eigenvalue weighted by Gasteiger charge is 2.66. The third-order valence-electron chi connectivity index (χ3n) is 8.09. The smallest absolute Gasteiger partial charge is 0.0159 e. The van der Waals surface area contributed by atoms with E-state index in [0.29, 0.717) is 10.8 Å². The predicted octanol–water partition coefficient (Wildman–Crippen LogP) is 7.15. The maximum Gasteiger partial charge on any atom is 0.0159 e. The first-order valence-electron chi connectivity index (χ1n) is 8.98. The predicted molar refractivity (Wildman–Crippen MR) is 104 cm³/mol. The van der Waals surface area contributed by atoms with E-state index in [1.165, 1.54) is 12.3 Å². The molecule has 4 atom stereocenters. The Morgan fingerprint density at radius 3 is 1.35 bits per heavy atom. The van der Waals surface area contributed by atoms with Crippen molar-refractivity contribution in [3.05, 3.63) is 43.5 Å². The molecule has 5 rings (SSSR count). The van der Waals surface area contributed by atoms with Gasteiger partial charge in [0.25, 0.3) is 0 Å². The topological polar surface area (TPSA) is 0 Å². The van der Waals surface area contributed by atoms with E-state index in [1.54, 1.807) is 21.8 Å². The van der Waals surface area contributed by atoms with Gasteiger partial charge in [0.1, 0.15) is 0 Å². The normalized spacial score (nSPS) is 45.9. The molecule has 5 aliphatic rings. The van der Waals surface area contributed by atoms with Crippen LogP contribution in [0, 0.1) is 16.2 Å². The Hall–Kier alpha value is -0.180. The molecule has 4 aliphatic heterocycles. The molecule has 2 unspecified atom stereocenters. The monoisotopic (exact) mass is 342 g/mol. The van der Waals surface area contributed by atoms with Gasteiger partial charge in [-0.2, -0.15) is 0 Å². The zero-order valence-corrected chi connectivity index (χ0v) is 17.6. The van der Waals surface area contributed by atoms with Crippen molar-refractivity contribution in [1.82, 2.24) is 0 Å². The minimum absolute atomic E-state index is 0.0211. The molecule has 4 bridgehead atoms. The lowest BCUT2D eigenvalue weighted by atomic mass is 9.60. The Bertz CT molecular complexity index is 764. The quantitative estimate of drug-likeness (QED) is 0.410. The van der Waals surface area contributed by atoms with E-state index in [9.17, 15) is 0 Å². The first-order chi connectivity index (χ1) is 10.6. The molecule has 0 N–H and O–H groups in total. The molecule has 0 nitrogen and oxygen atoms in total. The summed E-state index contributed by atoms with van der Waals surface area (Å²) in [4.78, 5) is 0. The van der Waals surface area contributed by atoms with Crippen LogP contribution in [0.5, 0.6) is 0 Å². The SMILES string of the molecule is CC1=C(C)[C@]2(C)CP1C1=C2C(C)(C)C2=C1P1C[C@@]2(C)C(C)=C1C. The van der Waals surface area contributed by atoms with E-state index in [-0.39, 0.29) is 21.3 Å². The summed E-state index contributed by atoms with van der Waals surface area (Å²) in [5, 5.41) is 7.31. The van der Waals surface area contributed by atoms with Crippen LogP contribution >= 0.6 is 15.8 Å². The Morgan fingerprint density at radius 2 is 1.00 bits per heavy atom. The second-order valence-electron chi connectivity index (χ2n) is 9.33. The Morgan fingerprint density at radius 1 is 0.652 bits per heavy atom. The van der Waals surface area contributed by atoms with Crippen molar-refractivity contribution in [2.45, 2.75) is 55.4 Å². The summed E-state index contributed by atoms with van der Waals surface area (Å²) < 4.78 is 0. The summed E-state index contributed by atoms with van der Waals surface area (Å²) >= 11 is 0. The molecule has 0 radical (unpaired) electrons. The first kappa shape index (κ1) is 15.1. The van der Waals surface area contributed by atoms with Crippen molar-refractivity contribution in [2.75, 3.05) is 12.3 Å². The van der Waals surface area contributed by atoms with E-state index in [4.69, 9.17) is 0 Å². The van der Waals surface area contributed by atoms with E-state index in [0.717, 1.165) is 0 Å². The maximum atomic E-state index is 2.56. The molecular formula is C21H28P2. The highest BCUT2D eigenvalue weighted by Crippen LogP contribution is 2.89. The van der Waals surface area contributed by atoms with Crippen molar-refractivity contribution >= 4 is 15.8 Å². The fraction of sp³-hybridized carbons (Fsp3) is 0.619. The van der Waals surface area contributed by atoms with Crippen LogP contribution in [-0.2, 0) is 0 Å². The molecule has 0 saturated heterocycles. The van der Waals surface area contributed by atoms with Crippen molar-refractivity contribution < 1.29 is 0 Å². The lowest BCUT2D eigenvalue weighted by molar-refractivity contribution is 0.362. The molecular weight excluding hydrogens is 314 g/mol. The molecule has 0 fully saturated rings. The van der Waals surface area contributed by atoms with E-state index in [2.05, 4.69) is 55.4 Å². The minimum atomic E-state index is -0.0211. The standard InChI is InChI=1S/C21H28P2/c1-11-13(3)22-9-20(11,7)17-15(22)16-18(19(17,5)6)21(8)10-23(16)14(4)12(21)2/h9-10H2,1-8H3/t20-,21-,22?,23?/m0/s1. The van der Waals surface area contributed by atoms with Gasteiger partial charge in [-0.05, 0) is 88.3 Å². The van der Waals surface area contributed by atoms with Crippen LogP contribution in [0.4, 0.5) is 0 Å². The lowest BCUT2D eigenvalue weighted by Gasteiger charge is -2.42. The molecule has 1 aliphatic carbocycles. The fourth-order valence-electron chi connectivity index (χ4n) is 6.72. The van der Waals surface area contributed by atoms with Gasteiger partial charge in [0.05, 0.1) is 0 Å². The Kier molecular flexibility index (Phi) is 2.50. The van der Waals surface area contributed by atoms with E-state index in [1.807, 2.05) is 21.8 Å². The number of hydrogen-bond acceptors (Lipinski definition) is 0. The van der Waals surface area contributed by atoms with Gasteiger partial charge in [0.2, 0.25) is 0 Å². The molecule has 0 aromatic carbocycles. The van der Waals surface area contributed by atoms with Crippen LogP contribution in [0.1, 0.15) is 55.4 Å². The van der Waals surface area contributed by atoms with E-state index < -0.39 is 0 Å². The summed E-state index contributed by atoms with van der Waals surface area (Å²) in [6, 6.07) is 0.